The molecule has 1 unspecified atom stereocenters. The first kappa shape index (κ1) is 16.4. The number of amides is 1. The molecule has 1 atom stereocenters. The van der Waals surface area contributed by atoms with Crippen LogP contribution in [-0.2, 0) is 9.53 Å². The number of carbonyl (C=O) groups is 1. The number of hydrogen-bond donors (Lipinski definition) is 3. The Bertz CT molecular complexity index is 245. The average molecular weight is 272 g/mol. The highest BCUT2D eigenvalue weighted by atomic mass is 16.5. The normalized spacial score (nSPS) is 16.3. The van der Waals surface area contributed by atoms with E-state index in [1.807, 2.05) is 0 Å². The second kappa shape index (κ2) is 10.2. The highest BCUT2D eigenvalue weighted by Crippen LogP contribution is 2.18. The standard InChI is InChI=1S/C14H28N2O3/c1-2-3-9-19-11-13(17)10-15-8-4-5-14(18)16-12-6-7-12/h12-13,15,17H,2-11H2,1H3,(H,16,18). The minimum absolute atomic E-state index is 0.146. The number of nitrogens with one attached hydrogen (secondary N) is 2. The molecule has 0 aromatic heterocycles. The van der Waals surface area contributed by atoms with Gasteiger partial charge in [0.25, 0.3) is 0 Å². The Morgan fingerprint density at radius 1 is 1.42 bits per heavy atom. The first-order valence-electron chi connectivity index (χ1n) is 7.48. The van der Waals surface area contributed by atoms with Gasteiger partial charge in [-0.3, -0.25) is 4.79 Å². The summed E-state index contributed by atoms with van der Waals surface area (Å²) in [5, 5.41) is 15.7. The van der Waals surface area contributed by atoms with E-state index < -0.39 is 6.10 Å². The van der Waals surface area contributed by atoms with Crippen molar-refractivity contribution in [3.05, 3.63) is 0 Å². The third kappa shape index (κ3) is 9.87. The summed E-state index contributed by atoms with van der Waals surface area (Å²) in [6.45, 7) is 4.49. The summed E-state index contributed by atoms with van der Waals surface area (Å²) in [6.07, 6.45) is 5.32. The summed E-state index contributed by atoms with van der Waals surface area (Å²) in [5.74, 6) is 0.146. The Morgan fingerprint density at radius 2 is 2.21 bits per heavy atom. The largest absolute Gasteiger partial charge is 0.389 e. The number of aliphatic hydroxyl groups excluding tert-OH is 1. The summed E-state index contributed by atoms with van der Waals surface area (Å²) in [5.41, 5.74) is 0. The Labute approximate surface area is 116 Å². The van der Waals surface area contributed by atoms with Gasteiger partial charge in [-0.1, -0.05) is 13.3 Å². The monoisotopic (exact) mass is 272 g/mol. The molecule has 0 aromatic rings. The Kier molecular flexibility index (Phi) is 8.79. The van der Waals surface area contributed by atoms with E-state index in [0.717, 1.165) is 45.3 Å². The number of hydrogen-bond acceptors (Lipinski definition) is 4. The van der Waals surface area contributed by atoms with Gasteiger partial charge in [0.1, 0.15) is 0 Å². The predicted molar refractivity (Wildman–Crippen MR) is 75.0 cm³/mol. The van der Waals surface area contributed by atoms with Gasteiger partial charge in [0.15, 0.2) is 0 Å². The van der Waals surface area contributed by atoms with Crippen molar-refractivity contribution in [3.8, 4) is 0 Å². The number of ether oxygens (including phenoxy) is 1. The first-order chi connectivity index (χ1) is 9.22. The van der Waals surface area contributed by atoms with Crippen LogP contribution in [-0.4, -0.2) is 49.5 Å². The summed E-state index contributed by atoms with van der Waals surface area (Å²) in [7, 11) is 0. The summed E-state index contributed by atoms with van der Waals surface area (Å²) >= 11 is 0. The molecule has 3 N–H and O–H groups in total. The van der Waals surface area contributed by atoms with E-state index in [0.29, 0.717) is 25.6 Å². The second-order valence-corrected chi connectivity index (χ2v) is 5.23. The number of carbonyl (C=O) groups excluding carboxylic acids is 1. The van der Waals surface area contributed by atoms with Crippen molar-refractivity contribution in [2.24, 2.45) is 0 Å². The van der Waals surface area contributed by atoms with Crippen molar-refractivity contribution in [2.75, 3.05) is 26.3 Å². The quantitative estimate of drug-likeness (QED) is 0.460. The summed E-state index contributed by atoms with van der Waals surface area (Å²) in [6, 6.07) is 0.447. The molecule has 0 heterocycles. The molecule has 0 radical (unpaired) electrons. The van der Waals surface area contributed by atoms with E-state index in [-0.39, 0.29) is 5.91 Å². The van der Waals surface area contributed by atoms with Crippen molar-refractivity contribution < 1.29 is 14.6 Å². The van der Waals surface area contributed by atoms with Gasteiger partial charge in [-0.25, -0.2) is 0 Å². The molecular formula is C14H28N2O3. The molecule has 0 saturated heterocycles. The Hall–Kier alpha value is -0.650. The van der Waals surface area contributed by atoms with Crippen LogP contribution in [0.15, 0.2) is 0 Å². The van der Waals surface area contributed by atoms with Crippen LogP contribution in [0, 0.1) is 0 Å². The summed E-state index contributed by atoms with van der Waals surface area (Å²) < 4.78 is 5.33. The van der Waals surface area contributed by atoms with Gasteiger partial charge in [0, 0.05) is 25.6 Å². The van der Waals surface area contributed by atoms with Gasteiger partial charge in [0.2, 0.25) is 5.91 Å². The average Bonchev–Trinajstić information content (AvgIpc) is 3.18. The molecule has 0 bridgehead atoms. The Morgan fingerprint density at radius 3 is 2.89 bits per heavy atom. The topological polar surface area (TPSA) is 70.6 Å². The molecule has 0 spiro atoms. The van der Waals surface area contributed by atoms with Gasteiger partial charge in [-0.05, 0) is 32.2 Å². The van der Waals surface area contributed by atoms with Gasteiger partial charge < -0.3 is 20.5 Å². The van der Waals surface area contributed by atoms with Gasteiger partial charge in [-0.2, -0.15) is 0 Å². The molecule has 0 aromatic carbocycles. The van der Waals surface area contributed by atoms with Gasteiger partial charge in [0.05, 0.1) is 12.7 Å². The maximum Gasteiger partial charge on any atom is 0.220 e. The summed E-state index contributed by atoms with van der Waals surface area (Å²) in [4.78, 5) is 11.4. The molecule has 1 aliphatic carbocycles. The fourth-order valence-corrected chi connectivity index (χ4v) is 1.69. The van der Waals surface area contributed by atoms with Crippen molar-refractivity contribution in [1.82, 2.24) is 10.6 Å². The highest BCUT2D eigenvalue weighted by Gasteiger charge is 2.22. The molecule has 1 rings (SSSR count). The lowest BCUT2D eigenvalue weighted by molar-refractivity contribution is -0.121. The molecule has 1 saturated carbocycles. The van der Waals surface area contributed by atoms with Crippen LogP contribution in [0.2, 0.25) is 0 Å². The van der Waals surface area contributed by atoms with Crippen LogP contribution in [0.5, 0.6) is 0 Å². The van der Waals surface area contributed by atoms with Crippen LogP contribution in [0.25, 0.3) is 0 Å². The van der Waals surface area contributed by atoms with Crippen molar-refractivity contribution >= 4 is 5.91 Å². The minimum atomic E-state index is -0.461. The zero-order valence-electron chi connectivity index (χ0n) is 12.0. The number of rotatable bonds is 12. The van der Waals surface area contributed by atoms with Crippen LogP contribution >= 0.6 is 0 Å². The predicted octanol–water partition coefficient (Wildman–Crippen LogP) is 0.812. The molecular weight excluding hydrogens is 244 g/mol. The molecule has 19 heavy (non-hydrogen) atoms. The third-order valence-electron chi connectivity index (χ3n) is 3.03. The molecule has 1 fully saturated rings. The van der Waals surface area contributed by atoms with Crippen LogP contribution < -0.4 is 10.6 Å². The van der Waals surface area contributed by atoms with Crippen molar-refractivity contribution in [2.45, 2.75) is 57.6 Å². The van der Waals surface area contributed by atoms with E-state index in [1.54, 1.807) is 0 Å². The Balaban J connectivity index is 1.82. The lowest BCUT2D eigenvalue weighted by Gasteiger charge is -2.12. The SMILES string of the molecule is CCCCOCC(O)CNCCCC(=O)NC1CC1. The second-order valence-electron chi connectivity index (χ2n) is 5.23. The maximum atomic E-state index is 11.4. The first-order valence-corrected chi connectivity index (χ1v) is 7.48. The minimum Gasteiger partial charge on any atom is -0.389 e. The zero-order chi connectivity index (χ0) is 13.9. The van der Waals surface area contributed by atoms with E-state index in [9.17, 15) is 9.90 Å². The lowest BCUT2D eigenvalue weighted by Crippen LogP contribution is -2.32. The van der Waals surface area contributed by atoms with Crippen LogP contribution in [0.3, 0.4) is 0 Å². The molecule has 112 valence electrons. The van der Waals surface area contributed by atoms with Crippen LogP contribution in [0.4, 0.5) is 0 Å². The number of unbranched alkanes of at least 4 members (excludes halogenated alkanes) is 1. The molecule has 5 nitrogen and oxygen atoms in total. The van der Waals surface area contributed by atoms with E-state index in [2.05, 4.69) is 17.6 Å². The molecule has 0 aliphatic heterocycles. The third-order valence-corrected chi connectivity index (χ3v) is 3.03. The number of aliphatic hydroxyl groups is 1. The van der Waals surface area contributed by atoms with Gasteiger partial charge in [-0.15, -0.1) is 0 Å². The zero-order valence-corrected chi connectivity index (χ0v) is 12.0. The smallest absolute Gasteiger partial charge is 0.220 e. The lowest BCUT2D eigenvalue weighted by atomic mass is 10.3. The van der Waals surface area contributed by atoms with Crippen molar-refractivity contribution in [1.29, 1.82) is 0 Å². The highest BCUT2D eigenvalue weighted by molar-refractivity contribution is 5.76. The maximum absolute atomic E-state index is 11.4. The molecule has 1 aliphatic rings. The van der Waals surface area contributed by atoms with Crippen LogP contribution in [0.1, 0.15) is 45.4 Å². The van der Waals surface area contributed by atoms with Gasteiger partial charge >= 0.3 is 0 Å². The molecule has 5 heteroatoms. The van der Waals surface area contributed by atoms with E-state index >= 15 is 0 Å². The van der Waals surface area contributed by atoms with E-state index in [4.69, 9.17) is 4.74 Å². The molecule has 1 amide bonds. The fourth-order valence-electron chi connectivity index (χ4n) is 1.69. The van der Waals surface area contributed by atoms with E-state index in [1.165, 1.54) is 0 Å². The fraction of sp³-hybridized carbons (Fsp3) is 0.929. The van der Waals surface area contributed by atoms with Crippen molar-refractivity contribution in [3.63, 3.8) is 0 Å².